The van der Waals surface area contributed by atoms with E-state index >= 15 is 0 Å². The van der Waals surface area contributed by atoms with Gasteiger partial charge in [-0.05, 0) is 31.1 Å². The van der Waals surface area contributed by atoms with Gasteiger partial charge >= 0.3 is 0 Å². The van der Waals surface area contributed by atoms with Crippen molar-refractivity contribution in [2.24, 2.45) is 17.8 Å². The van der Waals surface area contributed by atoms with Crippen LogP contribution in [0.15, 0.2) is 0 Å². The summed E-state index contributed by atoms with van der Waals surface area (Å²) in [5.74, 6) is 5.58. The Labute approximate surface area is 50.3 Å². The second-order valence-electron chi connectivity index (χ2n) is 3.09. The molecule has 0 spiro atoms. The highest BCUT2D eigenvalue weighted by molar-refractivity contribution is 5.06. The third-order valence-corrected chi connectivity index (χ3v) is 2.48. The molecule has 0 N–H and O–H groups in total. The lowest BCUT2D eigenvalue weighted by atomic mass is 10.1. The second kappa shape index (κ2) is 1.29. The van der Waals surface area contributed by atoms with Gasteiger partial charge in [-0.3, -0.25) is 0 Å². The van der Waals surface area contributed by atoms with E-state index < -0.39 is 0 Å². The van der Waals surface area contributed by atoms with Crippen molar-refractivity contribution in [3.8, 4) is 12.3 Å². The minimum absolute atomic E-state index is 0.652. The van der Waals surface area contributed by atoms with Crippen molar-refractivity contribution >= 4 is 0 Å². The van der Waals surface area contributed by atoms with Gasteiger partial charge < -0.3 is 0 Å². The summed E-state index contributed by atoms with van der Waals surface area (Å²) in [6.45, 7) is 0. The van der Waals surface area contributed by atoms with Crippen molar-refractivity contribution in [1.82, 2.24) is 0 Å². The predicted octanol–water partition coefficient (Wildman–Crippen LogP) is 1.67. The zero-order valence-electron chi connectivity index (χ0n) is 4.93. The largest absolute Gasteiger partial charge is 0.120 e. The molecule has 2 aliphatic rings. The maximum Gasteiger partial charge on any atom is 0.0205 e. The molecule has 0 aromatic rings. The highest BCUT2D eigenvalue weighted by Gasteiger charge is 2.44. The normalized spacial score (nSPS) is 50.1. The Morgan fingerprint density at radius 1 is 1.12 bits per heavy atom. The molecule has 42 valence electrons. The van der Waals surface area contributed by atoms with Crippen LogP contribution in [0.3, 0.4) is 0 Å². The summed E-state index contributed by atoms with van der Waals surface area (Å²) in [6, 6.07) is 0. The van der Waals surface area contributed by atoms with Gasteiger partial charge in [-0.2, -0.15) is 0 Å². The molecule has 0 heterocycles. The highest BCUT2D eigenvalue weighted by atomic mass is 14.5. The lowest BCUT2D eigenvalue weighted by molar-refractivity contribution is 0.611. The van der Waals surface area contributed by atoms with Crippen molar-refractivity contribution in [2.75, 3.05) is 0 Å². The van der Waals surface area contributed by atoms with E-state index in [1.807, 2.05) is 0 Å². The van der Waals surface area contributed by atoms with E-state index in [1.54, 1.807) is 0 Å². The van der Waals surface area contributed by atoms with Gasteiger partial charge in [0.1, 0.15) is 0 Å². The van der Waals surface area contributed by atoms with Gasteiger partial charge in [-0.15, -0.1) is 12.3 Å². The van der Waals surface area contributed by atoms with Crippen molar-refractivity contribution < 1.29 is 0 Å². The number of hydrogen-bond donors (Lipinski definition) is 0. The van der Waals surface area contributed by atoms with Crippen LogP contribution in [0.25, 0.3) is 0 Å². The molecule has 2 saturated carbocycles. The standard InChI is InChI=1S/C8H10/c1-2-6-3-7-5-8(7)4-6/h1,6-8H,3-5H2/t6?,7-,8+. The van der Waals surface area contributed by atoms with Gasteiger partial charge in [0.05, 0.1) is 0 Å². The summed E-state index contributed by atoms with van der Waals surface area (Å²) in [5, 5.41) is 0. The van der Waals surface area contributed by atoms with Gasteiger partial charge in [0, 0.05) is 5.92 Å². The van der Waals surface area contributed by atoms with Crippen molar-refractivity contribution in [2.45, 2.75) is 19.3 Å². The maximum absolute atomic E-state index is 5.27. The number of rotatable bonds is 0. The molecule has 0 bridgehead atoms. The number of fused-ring (bicyclic) bond motifs is 1. The van der Waals surface area contributed by atoms with E-state index in [-0.39, 0.29) is 0 Å². The third kappa shape index (κ3) is 0.478. The molecule has 0 heteroatoms. The van der Waals surface area contributed by atoms with Crippen LogP contribution < -0.4 is 0 Å². The quantitative estimate of drug-likeness (QED) is 0.412. The molecular weight excluding hydrogens is 96.1 g/mol. The fraction of sp³-hybridized carbons (Fsp3) is 0.750. The van der Waals surface area contributed by atoms with Crippen molar-refractivity contribution in [3.05, 3.63) is 0 Å². The SMILES string of the molecule is C#CC1C[C@@H]2C[C@@H]2C1. The fourth-order valence-electron chi connectivity index (χ4n) is 1.85. The van der Waals surface area contributed by atoms with Gasteiger partial charge in [0.15, 0.2) is 0 Å². The van der Waals surface area contributed by atoms with Crippen LogP contribution in [0.4, 0.5) is 0 Å². The van der Waals surface area contributed by atoms with E-state index in [9.17, 15) is 0 Å². The van der Waals surface area contributed by atoms with Crippen molar-refractivity contribution in [1.29, 1.82) is 0 Å². The Morgan fingerprint density at radius 3 is 2.12 bits per heavy atom. The highest BCUT2D eigenvalue weighted by Crippen LogP contribution is 2.53. The molecule has 3 atom stereocenters. The van der Waals surface area contributed by atoms with Crippen LogP contribution >= 0.6 is 0 Å². The summed E-state index contributed by atoms with van der Waals surface area (Å²) in [4.78, 5) is 0. The minimum atomic E-state index is 0.652. The zero-order valence-corrected chi connectivity index (χ0v) is 4.93. The first-order valence-corrected chi connectivity index (χ1v) is 3.36. The van der Waals surface area contributed by atoms with Gasteiger partial charge in [-0.25, -0.2) is 0 Å². The topological polar surface area (TPSA) is 0 Å². The molecule has 0 nitrogen and oxygen atoms in total. The molecule has 2 fully saturated rings. The minimum Gasteiger partial charge on any atom is -0.120 e. The molecule has 1 unspecified atom stereocenters. The Balaban J connectivity index is 2.01. The molecular formula is C8H10. The van der Waals surface area contributed by atoms with E-state index in [0.717, 1.165) is 11.8 Å². The number of hydrogen-bond acceptors (Lipinski definition) is 0. The van der Waals surface area contributed by atoms with Gasteiger partial charge in [0.25, 0.3) is 0 Å². The second-order valence-corrected chi connectivity index (χ2v) is 3.09. The Bertz CT molecular complexity index is 131. The van der Waals surface area contributed by atoms with E-state index in [1.165, 1.54) is 19.3 Å². The first kappa shape index (κ1) is 4.44. The smallest absolute Gasteiger partial charge is 0.0205 e. The molecule has 0 aliphatic heterocycles. The average molecular weight is 106 g/mol. The predicted molar refractivity (Wildman–Crippen MR) is 33.2 cm³/mol. The molecule has 0 aromatic heterocycles. The Hall–Kier alpha value is -0.440. The lowest BCUT2D eigenvalue weighted by Gasteiger charge is -1.98. The van der Waals surface area contributed by atoms with Gasteiger partial charge in [0.2, 0.25) is 0 Å². The zero-order chi connectivity index (χ0) is 5.56. The Kier molecular flexibility index (Phi) is 0.713. The lowest BCUT2D eigenvalue weighted by Crippen LogP contribution is -1.90. The molecule has 0 amide bonds. The summed E-state index contributed by atoms with van der Waals surface area (Å²) in [6.07, 6.45) is 9.42. The molecule has 0 aromatic carbocycles. The summed E-state index contributed by atoms with van der Waals surface area (Å²) >= 11 is 0. The van der Waals surface area contributed by atoms with Gasteiger partial charge in [-0.1, -0.05) is 0 Å². The molecule has 2 aliphatic carbocycles. The fourth-order valence-corrected chi connectivity index (χ4v) is 1.85. The number of terminal acetylenes is 1. The summed E-state index contributed by atoms with van der Waals surface area (Å²) in [5.41, 5.74) is 0. The summed E-state index contributed by atoms with van der Waals surface area (Å²) in [7, 11) is 0. The van der Waals surface area contributed by atoms with Crippen molar-refractivity contribution in [3.63, 3.8) is 0 Å². The molecule has 0 saturated heterocycles. The first-order valence-electron chi connectivity index (χ1n) is 3.36. The molecule has 2 rings (SSSR count). The molecule has 0 radical (unpaired) electrons. The van der Waals surface area contributed by atoms with E-state index in [0.29, 0.717) is 5.92 Å². The van der Waals surface area contributed by atoms with Crippen LogP contribution in [0, 0.1) is 30.1 Å². The van der Waals surface area contributed by atoms with E-state index in [2.05, 4.69) is 5.92 Å². The first-order chi connectivity index (χ1) is 3.90. The Morgan fingerprint density at radius 2 is 1.75 bits per heavy atom. The van der Waals surface area contributed by atoms with Crippen LogP contribution in [0.2, 0.25) is 0 Å². The van der Waals surface area contributed by atoms with Crippen LogP contribution in [-0.4, -0.2) is 0 Å². The summed E-state index contributed by atoms with van der Waals surface area (Å²) < 4.78 is 0. The monoisotopic (exact) mass is 106 g/mol. The van der Waals surface area contributed by atoms with Crippen LogP contribution in [0.1, 0.15) is 19.3 Å². The third-order valence-electron chi connectivity index (χ3n) is 2.48. The van der Waals surface area contributed by atoms with Crippen LogP contribution in [-0.2, 0) is 0 Å². The van der Waals surface area contributed by atoms with E-state index in [4.69, 9.17) is 6.42 Å². The van der Waals surface area contributed by atoms with Crippen LogP contribution in [0.5, 0.6) is 0 Å². The average Bonchev–Trinajstić information content (AvgIpc) is 2.40. The maximum atomic E-state index is 5.27. The molecule has 8 heavy (non-hydrogen) atoms.